The third-order valence-corrected chi connectivity index (χ3v) is 3.99. The molecule has 2 rings (SSSR count). The molecule has 1 unspecified atom stereocenters. The molecule has 132 valence electrons. The highest BCUT2D eigenvalue weighted by Crippen LogP contribution is 2.17. The van der Waals surface area contributed by atoms with Gasteiger partial charge in [-0.05, 0) is 38.7 Å². The van der Waals surface area contributed by atoms with Gasteiger partial charge in [-0.3, -0.25) is 4.90 Å². The molecule has 24 heavy (non-hydrogen) atoms. The zero-order chi connectivity index (χ0) is 17.9. The van der Waals surface area contributed by atoms with E-state index in [-0.39, 0.29) is 12.1 Å². The maximum atomic E-state index is 12.2. The first kappa shape index (κ1) is 18.8. The fourth-order valence-electron chi connectivity index (χ4n) is 2.88. The summed E-state index contributed by atoms with van der Waals surface area (Å²) in [5, 5.41) is 18.5. The smallest absolute Gasteiger partial charge is 0.444 e. The third kappa shape index (κ3) is 5.23. The Morgan fingerprint density at radius 1 is 1.33 bits per heavy atom. The summed E-state index contributed by atoms with van der Waals surface area (Å²) < 4.78 is 5.46. The minimum Gasteiger partial charge on any atom is -0.444 e. The van der Waals surface area contributed by atoms with E-state index in [2.05, 4.69) is 4.90 Å². The van der Waals surface area contributed by atoms with E-state index in [0.717, 1.165) is 18.7 Å². The molecule has 1 fully saturated rings. The summed E-state index contributed by atoms with van der Waals surface area (Å²) in [6, 6.07) is 7.36. The highest BCUT2D eigenvalue weighted by Gasteiger charge is 2.30. The van der Waals surface area contributed by atoms with Gasteiger partial charge in [-0.1, -0.05) is 24.3 Å². The molecule has 0 spiro atoms. The third-order valence-electron chi connectivity index (χ3n) is 3.99. The summed E-state index contributed by atoms with van der Waals surface area (Å²) in [4.78, 5) is 16.3. The number of ether oxygens (including phenoxy) is 1. The van der Waals surface area contributed by atoms with Gasteiger partial charge < -0.3 is 19.7 Å². The molecule has 0 aliphatic carbocycles. The number of nitrogens with zero attached hydrogens (tertiary/aromatic N) is 2. The SMILES string of the molecule is CC1CN(Cc2cccc(B(O)O)c2)CCN1C(=O)OC(C)(C)C. The molecule has 1 aromatic rings. The second-order valence-corrected chi connectivity index (χ2v) is 7.38. The fraction of sp³-hybridized carbons (Fsp3) is 0.588. The Morgan fingerprint density at radius 3 is 2.62 bits per heavy atom. The van der Waals surface area contributed by atoms with E-state index in [1.54, 1.807) is 17.0 Å². The molecule has 1 atom stereocenters. The minimum absolute atomic E-state index is 0.0696. The monoisotopic (exact) mass is 334 g/mol. The van der Waals surface area contributed by atoms with Gasteiger partial charge in [-0.25, -0.2) is 4.79 Å². The van der Waals surface area contributed by atoms with Crippen LogP contribution in [0.2, 0.25) is 0 Å². The lowest BCUT2D eigenvalue weighted by molar-refractivity contribution is 0.000561. The topological polar surface area (TPSA) is 73.2 Å². The van der Waals surface area contributed by atoms with Crippen molar-refractivity contribution in [1.82, 2.24) is 9.80 Å². The molecule has 1 aliphatic rings. The number of rotatable bonds is 3. The molecular formula is C17H27BN2O4. The van der Waals surface area contributed by atoms with Crippen LogP contribution in [0.15, 0.2) is 24.3 Å². The highest BCUT2D eigenvalue weighted by atomic mass is 16.6. The van der Waals surface area contributed by atoms with Crippen LogP contribution in [0.1, 0.15) is 33.3 Å². The number of piperazine rings is 1. The largest absolute Gasteiger partial charge is 0.488 e. The van der Waals surface area contributed by atoms with Gasteiger partial charge in [0.05, 0.1) is 0 Å². The molecule has 6 nitrogen and oxygen atoms in total. The quantitative estimate of drug-likeness (QED) is 0.801. The van der Waals surface area contributed by atoms with Crippen LogP contribution in [-0.2, 0) is 11.3 Å². The summed E-state index contributed by atoms with van der Waals surface area (Å²) >= 11 is 0. The number of hydrogen-bond donors (Lipinski definition) is 2. The van der Waals surface area contributed by atoms with Crippen molar-refractivity contribution in [3.05, 3.63) is 29.8 Å². The second-order valence-electron chi connectivity index (χ2n) is 7.38. The van der Waals surface area contributed by atoms with Crippen LogP contribution in [0.4, 0.5) is 4.79 Å². The Kier molecular flexibility index (Phi) is 5.90. The van der Waals surface area contributed by atoms with Gasteiger partial charge >= 0.3 is 13.2 Å². The van der Waals surface area contributed by atoms with E-state index < -0.39 is 12.7 Å². The number of amides is 1. The predicted molar refractivity (Wildman–Crippen MR) is 93.9 cm³/mol. The van der Waals surface area contributed by atoms with Crippen molar-refractivity contribution in [3.63, 3.8) is 0 Å². The van der Waals surface area contributed by atoms with E-state index >= 15 is 0 Å². The number of hydrogen-bond acceptors (Lipinski definition) is 5. The van der Waals surface area contributed by atoms with Crippen LogP contribution in [-0.4, -0.2) is 64.3 Å². The molecule has 1 aliphatic heterocycles. The maximum Gasteiger partial charge on any atom is 0.488 e. The number of carbonyl (C=O) groups excluding carboxylic acids is 1. The van der Waals surface area contributed by atoms with Crippen molar-refractivity contribution in [2.24, 2.45) is 0 Å². The van der Waals surface area contributed by atoms with Crippen molar-refractivity contribution in [3.8, 4) is 0 Å². The Bertz CT molecular complexity index is 574. The standard InChI is InChI=1S/C17H27BN2O4/c1-13-11-19(8-9-20(13)16(21)24-17(2,3)4)12-14-6-5-7-15(10-14)18(22)23/h5-7,10,13,22-23H,8-9,11-12H2,1-4H3. The van der Waals surface area contributed by atoms with Gasteiger partial charge in [-0.15, -0.1) is 0 Å². The van der Waals surface area contributed by atoms with Crippen molar-refractivity contribution in [2.75, 3.05) is 19.6 Å². The Balaban J connectivity index is 1.93. The summed E-state index contributed by atoms with van der Waals surface area (Å²) in [6.45, 7) is 10.5. The van der Waals surface area contributed by atoms with Gasteiger partial charge in [-0.2, -0.15) is 0 Å². The first-order valence-corrected chi connectivity index (χ1v) is 8.32. The van der Waals surface area contributed by atoms with E-state index in [1.165, 1.54) is 0 Å². The minimum atomic E-state index is -1.45. The normalized spacial score (nSPS) is 19.2. The first-order valence-electron chi connectivity index (χ1n) is 8.32. The van der Waals surface area contributed by atoms with Crippen LogP contribution in [0.5, 0.6) is 0 Å². The van der Waals surface area contributed by atoms with Gasteiger partial charge in [0.15, 0.2) is 0 Å². The molecule has 1 aromatic carbocycles. The average molecular weight is 334 g/mol. The van der Waals surface area contributed by atoms with Crippen LogP contribution >= 0.6 is 0 Å². The van der Waals surface area contributed by atoms with Gasteiger partial charge in [0.2, 0.25) is 0 Å². The second kappa shape index (κ2) is 7.55. The molecule has 7 heteroatoms. The van der Waals surface area contributed by atoms with Crippen molar-refractivity contribution in [2.45, 2.75) is 45.9 Å². The van der Waals surface area contributed by atoms with Gasteiger partial charge in [0.25, 0.3) is 0 Å². The molecular weight excluding hydrogens is 307 g/mol. The Hall–Kier alpha value is -1.57. The number of carbonyl (C=O) groups is 1. The van der Waals surface area contributed by atoms with Crippen LogP contribution in [0.25, 0.3) is 0 Å². The van der Waals surface area contributed by atoms with E-state index in [0.29, 0.717) is 18.6 Å². The first-order chi connectivity index (χ1) is 11.2. The molecule has 0 radical (unpaired) electrons. The molecule has 1 amide bonds. The van der Waals surface area contributed by atoms with Crippen LogP contribution in [0, 0.1) is 0 Å². The summed E-state index contributed by atoms with van der Waals surface area (Å²) in [5.74, 6) is 0. The van der Waals surface area contributed by atoms with Crippen LogP contribution < -0.4 is 5.46 Å². The molecule has 0 aromatic heterocycles. The number of benzene rings is 1. The summed E-state index contributed by atoms with van der Waals surface area (Å²) in [6.07, 6.45) is -0.264. The molecule has 1 saturated heterocycles. The zero-order valence-corrected chi connectivity index (χ0v) is 14.9. The van der Waals surface area contributed by atoms with E-state index in [4.69, 9.17) is 4.74 Å². The van der Waals surface area contributed by atoms with Crippen LogP contribution in [0.3, 0.4) is 0 Å². The summed E-state index contributed by atoms with van der Waals surface area (Å²) in [5.41, 5.74) is 1.03. The Labute approximate surface area is 144 Å². The van der Waals surface area contributed by atoms with Gasteiger partial charge in [0.1, 0.15) is 5.60 Å². The lowest BCUT2D eigenvalue weighted by atomic mass is 9.79. The zero-order valence-electron chi connectivity index (χ0n) is 14.9. The van der Waals surface area contributed by atoms with E-state index in [9.17, 15) is 14.8 Å². The van der Waals surface area contributed by atoms with Gasteiger partial charge in [0, 0.05) is 32.2 Å². The molecule has 0 bridgehead atoms. The highest BCUT2D eigenvalue weighted by molar-refractivity contribution is 6.58. The molecule has 1 heterocycles. The van der Waals surface area contributed by atoms with Crippen molar-refractivity contribution < 1.29 is 19.6 Å². The fourth-order valence-corrected chi connectivity index (χ4v) is 2.88. The molecule has 2 N–H and O–H groups in total. The lowest BCUT2D eigenvalue weighted by Crippen LogP contribution is -2.54. The Morgan fingerprint density at radius 2 is 2.04 bits per heavy atom. The summed E-state index contributed by atoms with van der Waals surface area (Å²) in [7, 11) is -1.45. The van der Waals surface area contributed by atoms with Crippen molar-refractivity contribution >= 4 is 18.7 Å². The molecule has 0 saturated carbocycles. The van der Waals surface area contributed by atoms with E-state index in [1.807, 2.05) is 39.8 Å². The maximum absolute atomic E-state index is 12.2. The predicted octanol–water partition coefficient (Wildman–Crippen LogP) is 0.808. The average Bonchev–Trinajstić information content (AvgIpc) is 2.45. The van der Waals surface area contributed by atoms with Crippen molar-refractivity contribution in [1.29, 1.82) is 0 Å². The lowest BCUT2D eigenvalue weighted by Gasteiger charge is -2.40.